The second kappa shape index (κ2) is 8.27. The van der Waals surface area contributed by atoms with Crippen LogP contribution in [0.4, 0.5) is 14.5 Å². The van der Waals surface area contributed by atoms with E-state index in [-0.39, 0.29) is 12.3 Å². The van der Waals surface area contributed by atoms with Gasteiger partial charge in [0.1, 0.15) is 17.4 Å². The summed E-state index contributed by atoms with van der Waals surface area (Å²) in [7, 11) is 0. The largest absolute Gasteiger partial charge is 0.482 e. The standard InChI is InChI=1S/C20H15F2NO4/c21-15-6-8-17(22)18(10-15)23-19(24)11-27-20(25)12-26-16-7-5-13-3-1-2-4-14(13)9-16/h1-10H,11-12H2,(H,23,24). The fraction of sp³-hybridized carbons (Fsp3) is 0.100. The number of anilines is 1. The first-order valence-electron chi connectivity index (χ1n) is 8.03. The highest BCUT2D eigenvalue weighted by atomic mass is 19.1. The summed E-state index contributed by atoms with van der Waals surface area (Å²) >= 11 is 0. The predicted octanol–water partition coefficient (Wildman–Crippen LogP) is 3.68. The summed E-state index contributed by atoms with van der Waals surface area (Å²) < 4.78 is 36.6. The lowest BCUT2D eigenvalue weighted by molar-refractivity contribution is -0.149. The topological polar surface area (TPSA) is 64.6 Å². The van der Waals surface area contributed by atoms with Crippen LogP contribution in [0.15, 0.2) is 60.7 Å². The van der Waals surface area contributed by atoms with E-state index >= 15 is 0 Å². The number of carbonyl (C=O) groups is 2. The van der Waals surface area contributed by atoms with E-state index in [1.54, 1.807) is 12.1 Å². The van der Waals surface area contributed by atoms with E-state index in [0.29, 0.717) is 5.75 Å². The molecule has 0 unspecified atom stereocenters. The molecule has 1 N–H and O–H groups in total. The molecule has 0 radical (unpaired) electrons. The number of nitrogens with one attached hydrogen (secondary N) is 1. The second-order valence-electron chi connectivity index (χ2n) is 5.63. The van der Waals surface area contributed by atoms with Gasteiger partial charge >= 0.3 is 5.97 Å². The smallest absolute Gasteiger partial charge is 0.344 e. The number of halogens is 2. The Morgan fingerprint density at radius 1 is 0.889 bits per heavy atom. The zero-order valence-corrected chi connectivity index (χ0v) is 14.1. The Bertz CT molecular complexity index is 991. The average Bonchev–Trinajstić information content (AvgIpc) is 2.67. The molecule has 0 fully saturated rings. The highest BCUT2D eigenvalue weighted by Crippen LogP contribution is 2.20. The van der Waals surface area contributed by atoms with E-state index in [2.05, 4.69) is 5.32 Å². The fourth-order valence-electron chi connectivity index (χ4n) is 2.37. The molecular weight excluding hydrogens is 356 g/mol. The lowest BCUT2D eigenvalue weighted by Crippen LogP contribution is -2.24. The molecule has 0 saturated carbocycles. The predicted molar refractivity (Wildman–Crippen MR) is 95.4 cm³/mol. The number of carbonyl (C=O) groups excluding carboxylic acids is 2. The van der Waals surface area contributed by atoms with E-state index in [9.17, 15) is 18.4 Å². The van der Waals surface area contributed by atoms with Gasteiger partial charge in [-0.15, -0.1) is 0 Å². The van der Waals surface area contributed by atoms with Crippen LogP contribution in [-0.2, 0) is 14.3 Å². The zero-order valence-electron chi connectivity index (χ0n) is 14.1. The maximum Gasteiger partial charge on any atom is 0.344 e. The Kier molecular flexibility index (Phi) is 5.61. The van der Waals surface area contributed by atoms with Crippen molar-refractivity contribution in [1.29, 1.82) is 0 Å². The molecule has 0 aliphatic carbocycles. The van der Waals surface area contributed by atoms with Gasteiger partial charge in [-0.3, -0.25) is 4.79 Å². The summed E-state index contributed by atoms with van der Waals surface area (Å²) in [5.74, 6) is -2.57. The van der Waals surface area contributed by atoms with Gasteiger partial charge in [0, 0.05) is 6.07 Å². The van der Waals surface area contributed by atoms with Gasteiger partial charge in [0.25, 0.3) is 5.91 Å². The van der Waals surface area contributed by atoms with Crippen molar-refractivity contribution in [2.24, 2.45) is 0 Å². The summed E-state index contributed by atoms with van der Waals surface area (Å²) in [5, 5.41) is 4.12. The molecule has 0 aliphatic heterocycles. The minimum atomic E-state index is -0.796. The van der Waals surface area contributed by atoms with Gasteiger partial charge in [-0.25, -0.2) is 13.6 Å². The number of rotatable bonds is 6. The minimum absolute atomic E-state index is 0.330. The van der Waals surface area contributed by atoms with E-state index in [1.807, 2.05) is 30.3 Å². The molecule has 0 bridgehead atoms. The van der Waals surface area contributed by atoms with Crippen LogP contribution in [0, 0.1) is 11.6 Å². The monoisotopic (exact) mass is 371 g/mol. The molecule has 0 spiro atoms. The minimum Gasteiger partial charge on any atom is -0.482 e. The molecule has 27 heavy (non-hydrogen) atoms. The van der Waals surface area contributed by atoms with Gasteiger partial charge in [0.15, 0.2) is 13.2 Å². The van der Waals surface area contributed by atoms with Crippen LogP contribution in [0.2, 0.25) is 0 Å². The first-order valence-corrected chi connectivity index (χ1v) is 8.03. The molecular formula is C20H15F2NO4. The Balaban J connectivity index is 1.47. The molecule has 3 aromatic rings. The van der Waals surface area contributed by atoms with Crippen LogP contribution in [-0.4, -0.2) is 25.1 Å². The first-order chi connectivity index (χ1) is 13.0. The first kappa shape index (κ1) is 18.3. The van der Waals surface area contributed by atoms with E-state index < -0.39 is 30.1 Å². The van der Waals surface area contributed by atoms with Gasteiger partial charge < -0.3 is 14.8 Å². The summed E-state index contributed by atoms with van der Waals surface area (Å²) in [6, 6.07) is 15.7. The summed E-state index contributed by atoms with van der Waals surface area (Å²) in [6.45, 7) is -1.03. The molecule has 3 aromatic carbocycles. The zero-order chi connectivity index (χ0) is 19.2. The second-order valence-corrected chi connectivity index (χ2v) is 5.63. The molecule has 138 valence electrons. The Morgan fingerprint density at radius 2 is 1.67 bits per heavy atom. The molecule has 0 atom stereocenters. The van der Waals surface area contributed by atoms with Crippen molar-refractivity contribution < 1.29 is 27.8 Å². The third kappa shape index (κ3) is 5.01. The average molecular weight is 371 g/mol. The highest BCUT2D eigenvalue weighted by Gasteiger charge is 2.11. The van der Waals surface area contributed by atoms with Crippen LogP contribution < -0.4 is 10.1 Å². The van der Waals surface area contributed by atoms with Crippen LogP contribution in [0.1, 0.15) is 0 Å². The number of amides is 1. The Hall–Kier alpha value is -3.48. The van der Waals surface area contributed by atoms with Crippen LogP contribution >= 0.6 is 0 Å². The maximum atomic E-state index is 13.4. The number of hydrogen-bond donors (Lipinski definition) is 1. The highest BCUT2D eigenvalue weighted by molar-refractivity contribution is 5.93. The molecule has 1 amide bonds. The lowest BCUT2D eigenvalue weighted by atomic mass is 10.1. The van der Waals surface area contributed by atoms with Gasteiger partial charge in [-0.05, 0) is 35.0 Å². The van der Waals surface area contributed by atoms with Crippen molar-refractivity contribution in [3.8, 4) is 5.75 Å². The van der Waals surface area contributed by atoms with Gasteiger partial charge in [0.05, 0.1) is 5.69 Å². The van der Waals surface area contributed by atoms with E-state index in [1.165, 1.54) is 0 Å². The van der Waals surface area contributed by atoms with Crippen molar-refractivity contribution in [2.75, 3.05) is 18.5 Å². The quantitative estimate of drug-likeness (QED) is 0.672. The van der Waals surface area contributed by atoms with E-state index in [0.717, 1.165) is 29.0 Å². The third-order valence-corrected chi connectivity index (χ3v) is 3.64. The van der Waals surface area contributed by atoms with Crippen molar-refractivity contribution in [1.82, 2.24) is 0 Å². The van der Waals surface area contributed by atoms with Crippen molar-refractivity contribution in [3.05, 3.63) is 72.3 Å². The fourth-order valence-corrected chi connectivity index (χ4v) is 2.37. The van der Waals surface area contributed by atoms with E-state index in [4.69, 9.17) is 9.47 Å². The summed E-state index contributed by atoms with van der Waals surface area (Å²) in [5.41, 5.74) is -0.330. The number of fused-ring (bicyclic) bond motifs is 1. The molecule has 0 aromatic heterocycles. The molecule has 3 rings (SSSR count). The van der Waals surface area contributed by atoms with Crippen LogP contribution in [0.5, 0.6) is 5.75 Å². The SMILES string of the molecule is O=C(COC(=O)COc1ccc2ccccc2c1)Nc1cc(F)ccc1F. The molecule has 7 heteroatoms. The number of esters is 1. The van der Waals surface area contributed by atoms with Crippen LogP contribution in [0.25, 0.3) is 10.8 Å². The third-order valence-electron chi connectivity index (χ3n) is 3.64. The van der Waals surface area contributed by atoms with Crippen LogP contribution in [0.3, 0.4) is 0 Å². The van der Waals surface area contributed by atoms with Crippen molar-refractivity contribution >= 4 is 28.3 Å². The number of benzene rings is 3. The van der Waals surface area contributed by atoms with Crippen molar-refractivity contribution in [2.45, 2.75) is 0 Å². The van der Waals surface area contributed by atoms with Gasteiger partial charge in [0.2, 0.25) is 0 Å². The summed E-state index contributed by atoms with van der Waals surface area (Å²) in [4.78, 5) is 23.4. The Morgan fingerprint density at radius 3 is 2.48 bits per heavy atom. The Labute approximate surface area is 153 Å². The van der Waals surface area contributed by atoms with Crippen molar-refractivity contribution in [3.63, 3.8) is 0 Å². The summed E-state index contributed by atoms with van der Waals surface area (Å²) in [6.07, 6.45) is 0. The number of hydrogen-bond acceptors (Lipinski definition) is 4. The van der Waals surface area contributed by atoms with Gasteiger partial charge in [-0.1, -0.05) is 30.3 Å². The molecule has 0 saturated heterocycles. The molecule has 5 nitrogen and oxygen atoms in total. The lowest BCUT2D eigenvalue weighted by Gasteiger charge is -2.09. The number of ether oxygens (including phenoxy) is 2. The normalized spacial score (nSPS) is 10.4. The molecule has 0 heterocycles. The molecule has 0 aliphatic rings. The van der Waals surface area contributed by atoms with Gasteiger partial charge in [-0.2, -0.15) is 0 Å². The maximum absolute atomic E-state index is 13.4.